The van der Waals surface area contributed by atoms with Crippen LogP contribution in [0.1, 0.15) is 10.4 Å². The van der Waals surface area contributed by atoms with Crippen LogP contribution in [0.3, 0.4) is 0 Å². The summed E-state index contributed by atoms with van der Waals surface area (Å²) in [6.45, 7) is 6.62. The highest BCUT2D eigenvalue weighted by atomic mass is 32.2. The van der Waals surface area contributed by atoms with E-state index in [1.807, 2.05) is 48.5 Å². The Kier molecular flexibility index (Phi) is 11.2. The Hall–Kier alpha value is -2.92. The summed E-state index contributed by atoms with van der Waals surface area (Å²) in [5.41, 5.74) is 21.2. The van der Waals surface area contributed by atoms with Gasteiger partial charge in [-0.3, -0.25) is 9.69 Å². The van der Waals surface area contributed by atoms with Crippen LogP contribution < -0.4 is 17.2 Å². The van der Waals surface area contributed by atoms with Gasteiger partial charge in [-0.2, -0.15) is 0 Å². The predicted octanol–water partition coefficient (Wildman–Crippen LogP) is 2.63. The maximum atomic E-state index is 11.8. The van der Waals surface area contributed by atoms with E-state index in [0.29, 0.717) is 23.3 Å². The second-order valence-electron chi connectivity index (χ2n) is 8.26. The number of nitrogen functional groups attached to an aromatic ring is 1. The van der Waals surface area contributed by atoms with E-state index in [1.54, 1.807) is 18.2 Å². The second kappa shape index (κ2) is 13.8. The van der Waals surface area contributed by atoms with Crippen molar-refractivity contribution in [3.8, 4) is 22.3 Å². The Balaban J connectivity index is 0.000000332. The fourth-order valence-electron chi connectivity index (χ4n) is 3.84. The molecule has 9 heteroatoms. The number of hydrogen-bond donors (Lipinski definition) is 4. The van der Waals surface area contributed by atoms with E-state index in [1.165, 1.54) is 26.2 Å². The molecule has 1 aliphatic rings. The van der Waals surface area contributed by atoms with Crippen LogP contribution in [0, 0.1) is 0 Å². The SMILES string of the molecule is CN1CCN(CCN)CC1.NC(=O)c1cc(-c2ccccc2)cc(-c2ccc(SO)cc2)c1N.O. The Labute approximate surface area is 211 Å². The summed E-state index contributed by atoms with van der Waals surface area (Å²) in [6, 6.07) is 20.7. The maximum absolute atomic E-state index is 11.8. The molecule has 4 rings (SSSR count). The molecule has 8 nitrogen and oxygen atoms in total. The van der Waals surface area contributed by atoms with Gasteiger partial charge in [0.15, 0.2) is 0 Å². The Morgan fingerprint density at radius 2 is 1.57 bits per heavy atom. The Bertz CT molecular complexity index is 1070. The van der Waals surface area contributed by atoms with E-state index >= 15 is 0 Å². The van der Waals surface area contributed by atoms with Crippen LogP contribution in [0.5, 0.6) is 0 Å². The molecule has 9 N–H and O–H groups in total. The largest absolute Gasteiger partial charge is 0.412 e. The van der Waals surface area contributed by atoms with Crippen LogP contribution in [-0.2, 0) is 0 Å². The lowest BCUT2D eigenvalue weighted by atomic mass is 9.94. The highest BCUT2D eigenvalue weighted by Gasteiger charge is 2.15. The second-order valence-corrected chi connectivity index (χ2v) is 8.92. The van der Waals surface area contributed by atoms with Crippen molar-refractivity contribution in [3.05, 3.63) is 72.3 Å². The van der Waals surface area contributed by atoms with Gasteiger partial charge in [0.25, 0.3) is 5.91 Å². The number of benzene rings is 3. The molecule has 1 heterocycles. The molecule has 1 aliphatic heterocycles. The molecule has 1 fully saturated rings. The number of nitrogens with two attached hydrogens (primary N) is 3. The number of hydrogen-bond acceptors (Lipinski definition) is 7. The highest BCUT2D eigenvalue weighted by molar-refractivity contribution is 7.93. The first kappa shape index (κ1) is 28.3. The molecule has 188 valence electrons. The van der Waals surface area contributed by atoms with Crippen molar-refractivity contribution in [3.63, 3.8) is 0 Å². The molecule has 0 aromatic heterocycles. The average molecular weight is 498 g/mol. The standard InChI is InChI=1S/C19H16N2O2S.C7H17N3.H2O/c20-18-16(13-6-8-15(24-23)9-7-13)10-14(11-17(18)19(21)22)12-4-2-1-3-5-12;1-9-4-6-10(3-2-8)7-5-9;/h1-11,23H,20H2,(H2,21,22);2-8H2,1H3;1H2. The molecule has 1 amide bonds. The van der Waals surface area contributed by atoms with Crippen molar-refractivity contribution in [1.29, 1.82) is 0 Å². The van der Waals surface area contributed by atoms with Gasteiger partial charge in [0.1, 0.15) is 0 Å². The monoisotopic (exact) mass is 497 g/mol. The molecule has 0 spiro atoms. The summed E-state index contributed by atoms with van der Waals surface area (Å²) in [5, 5.41) is 0. The number of nitrogens with zero attached hydrogens (tertiary/aromatic N) is 2. The summed E-state index contributed by atoms with van der Waals surface area (Å²) in [7, 11) is 2.17. The maximum Gasteiger partial charge on any atom is 0.250 e. The molecule has 0 aliphatic carbocycles. The van der Waals surface area contributed by atoms with Crippen LogP contribution >= 0.6 is 12.0 Å². The molecular formula is C26H35N5O3S. The number of carbonyl (C=O) groups excluding carboxylic acids is 1. The van der Waals surface area contributed by atoms with E-state index < -0.39 is 5.91 Å². The smallest absolute Gasteiger partial charge is 0.250 e. The van der Waals surface area contributed by atoms with Crippen LogP contribution in [0.15, 0.2) is 71.6 Å². The van der Waals surface area contributed by atoms with Gasteiger partial charge in [0.05, 0.1) is 11.3 Å². The normalized spacial score (nSPS) is 13.9. The average Bonchev–Trinajstić information content (AvgIpc) is 2.86. The number of anilines is 1. The summed E-state index contributed by atoms with van der Waals surface area (Å²) in [5.74, 6) is -0.561. The fourth-order valence-corrected chi connectivity index (χ4v) is 4.10. The summed E-state index contributed by atoms with van der Waals surface area (Å²) >= 11 is 0.680. The van der Waals surface area contributed by atoms with E-state index in [9.17, 15) is 4.79 Å². The number of piperazine rings is 1. The molecule has 1 saturated heterocycles. The van der Waals surface area contributed by atoms with Crippen molar-refractivity contribution in [2.75, 3.05) is 52.0 Å². The van der Waals surface area contributed by atoms with Gasteiger partial charge in [-0.1, -0.05) is 42.5 Å². The number of likely N-dealkylation sites (N-methyl/N-ethyl adjacent to an activating group) is 1. The molecule has 0 bridgehead atoms. The Morgan fingerprint density at radius 3 is 2.11 bits per heavy atom. The van der Waals surface area contributed by atoms with E-state index in [2.05, 4.69) is 16.8 Å². The molecule has 35 heavy (non-hydrogen) atoms. The third-order valence-corrected chi connectivity index (χ3v) is 6.35. The summed E-state index contributed by atoms with van der Waals surface area (Å²) in [6.07, 6.45) is 0. The molecule has 0 radical (unpaired) electrons. The van der Waals surface area contributed by atoms with Crippen LogP contribution in [0.4, 0.5) is 5.69 Å². The third-order valence-electron chi connectivity index (χ3n) is 5.86. The lowest BCUT2D eigenvalue weighted by Crippen LogP contribution is -2.45. The lowest BCUT2D eigenvalue weighted by molar-refractivity contribution is 0.100. The third kappa shape index (κ3) is 7.79. The van der Waals surface area contributed by atoms with Crippen LogP contribution in [0.25, 0.3) is 22.3 Å². The molecular weight excluding hydrogens is 462 g/mol. The van der Waals surface area contributed by atoms with Gasteiger partial charge in [-0.05, 0) is 48.0 Å². The zero-order valence-electron chi connectivity index (χ0n) is 20.0. The first-order valence-corrected chi connectivity index (χ1v) is 12.0. The minimum absolute atomic E-state index is 0. The Morgan fingerprint density at radius 1 is 0.943 bits per heavy atom. The summed E-state index contributed by atoms with van der Waals surface area (Å²) in [4.78, 5) is 17.3. The van der Waals surface area contributed by atoms with E-state index in [0.717, 1.165) is 40.2 Å². The van der Waals surface area contributed by atoms with Gasteiger partial charge >= 0.3 is 0 Å². The van der Waals surface area contributed by atoms with Gasteiger partial charge < -0.3 is 32.1 Å². The number of primary amides is 1. The summed E-state index contributed by atoms with van der Waals surface area (Å²) < 4.78 is 9.09. The molecule has 3 aromatic carbocycles. The van der Waals surface area contributed by atoms with Crippen molar-refractivity contribution in [2.45, 2.75) is 4.90 Å². The topological polar surface area (TPSA) is 153 Å². The van der Waals surface area contributed by atoms with E-state index in [-0.39, 0.29) is 5.48 Å². The van der Waals surface area contributed by atoms with Gasteiger partial charge in [0, 0.05) is 61.8 Å². The number of amides is 1. The number of rotatable bonds is 6. The highest BCUT2D eigenvalue weighted by Crippen LogP contribution is 2.34. The fraction of sp³-hybridized carbons (Fsp3) is 0.269. The molecule has 3 aromatic rings. The zero-order valence-corrected chi connectivity index (χ0v) is 20.8. The van der Waals surface area contributed by atoms with Crippen molar-refractivity contribution in [1.82, 2.24) is 9.80 Å². The van der Waals surface area contributed by atoms with Crippen LogP contribution in [-0.4, -0.2) is 72.1 Å². The minimum atomic E-state index is -0.561. The van der Waals surface area contributed by atoms with Gasteiger partial charge in [0.2, 0.25) is 0 Å². The molecule has 0 unspecified atom stereocenters. The zero-order chi connectivity index (χ0) is 24.5. The number of carbonyl (C=O) groups is 1. The molecule has 0 saturated carbocycles. The van der Waals surface area contributed by atoms with Crippen molar-refractivity contribution < 1.29 is 14.8 Å². The quantitative estimate of drug-likeness (QED) is 0.301. The predicted molar refractivity (Wildman–Crippen MR) is 145 cm³/mol. The molecule has 0 atom stereocenters. The van der Waals surface area contributed by atoms with Crippen molar-refractivity contribution in [2.24, 2.45) is 11.5 Å². The van der Waals surface area contributed by atoms with Gasteiger partial charge in [-0.15, -0.1) is 0 Å². The first-order chi connectivity index (χ1) is 16.4. The minimum Gasteiger partial charge on any atom is -0.412 e. The first-order valence-electron chi connectivity index (χ1n) is 11.2. The van der Waals surface area contributed by atoms with Gasteiger partial charge in [-0.25, -0.2) is 0 Å². The van der Waals surface area contributed by atoms with Crippen molar-refractivity contribution >= 4 is 23.6 Å². The van der Waals surface area contributed by atoms with Crippen LogP contribution in [0.2, 0.25) is 0 Å². The lowest BCUT2D eigenvalue weighted by Gasteiger charge is -2.31. The van der Waals surface area contributed by atoms with E-state index in [4.69, 9.17) is 21.8 Å².